The zero-order valence-electron chi connectivity index (χ0n) is 10.8. The van der Waals surface area contributed by atoms with Crippen LogP contribution in [0.4, 0.5) is 4.39 Å². The molecule has 0 spiro atoms. The SMILES string of the molecule is CCCn1ccnc1CC(N)c1ccc(Br)c(F)c1. The highest BCUT2D eigenvalue weighted by atomic mass is 79.9. The molecule has 0 amide bonds. The van der Waals surface area contributed by atoms with Crippen molar-refractivity contribution in [1.82, 2.24) is 9.55 Å². The van der Waals surface area contributed by atoms with Gasteiger partial charge in [-0.2, -0.15) is 0 Å². The molecule has 1 heterocycles. The Balaban J connectivity index is 2.13. The topological polar surface area (TPSA) is 43.8 Å². The van der Waals surface area contributed by atoms with Crippen molar-refractivity contribution < 1.29 is 4.39 Å². The molecule has 5 heteroatoms. The summed E-state index contributed by atoms with van der Waals surface area (Å²) in [5.74, 6) is 0.655. The number of aryl methyl sites for hydroxylation is 1. The van der Waals surface area contributed by atoms with E-state index in [4.69, 9.17) is 5.73 Å². The lowest BCUT2D eigenvalue weighted by molar-refractivity contribution is 0.588. The molecule has 0 aliphatic heterocycles. The fourth-order valence-corrected chi connectivity index (χ4v) is 2.28. The molecule has 0 aliphatic rings. The summed E-state index contributed by atoms with van der Waals surface area (Å²) in [4.78, 5) is 4.32. The Labute approximate surface area is 120 Å². The van der Waals surface area contributed by atoms with Crippen molar-refractivity contribution in [2.24, 2.45) is 5.73 Å². The third kappa shape index (κ3) is 3.42. The monoisotopic (exact) mass is 325 g/mol. The van der Waals surface area contributed by atoms with Gasteiger partial charge >= 0.3 is 0 Å². The molecule has 2 rings (SSSR count). The highest BCUT2D eigenvalue weighted by molar-refractivity contribution is 9.10. The van der Waals surface area contributed by atoms with Crippen molar-refractivity contribution in [2.75, 3.05) is 0 Å². The molecule has 2 N–H and O–H groups in total. The van der Waals surface area contributed by atoms with Crippen molar-refractivity contribution >= 4 is 15.9 Å². The number of rotatable bonds is 5. The van der Waals surface area contributed by atoms with Crippen LogP contribution in [0, 0.1) is 5.82 Å². The first kappa shape index (κ1) is 14.2. The average molecular weight is 326 g/mol. The van der Waals surface area contributed by atoms with Crippen LogP contribution in [0.15, 0.2) is 35.1 Å². The smallest absolute Gasteiger partial charge is 0.137 e. The van der Waals surface area contributed by atoms with E-state index in [1.807, 2.05) is 12.3 Å². The Bertz CT molecular complexity index is 553. The van der Waals surface area contributed by atoms with E-state index in [1.54, 1.807) is 12.3 Å². The van der Waals surface area contributed by atoms with E-state index in [9.17, 15) is 4.39 Å². The molecule has 1 unspecified atom stereocenters. The summed E-state index contributed by atoms with van der Waals surface area (Å²) >= 11 is 3.14. The van der Waals surface area contributed by atoms with Crippen LogP contribution in [0.25, 0.3) is 0 Å². The minimum atomic E-state index is -0.287. The molecule has 0 radical (unpaired) electrons. The Morgan fingerprint density at radius 2 is 2.26 bits per heavy atom. The standard InChI is InChI=1S/C14H17BrFN3/c1-2-6-19-7-5-18-14(19)9-13(17)10-3-4-11(15)12(16)8-10/h3-5,7-8,13H,2,6,9,17H2,1H3. The predicted molar refractivity (Wildman–Crippen MR) is 77.3 cm³/mol. The maximum atomic E-state index is 13.5. The lowest BCUT2D eigenvalue weighted by Crippen LogP contribution is -2.16. The first-order chi connectivity index (χ1) is 9.11. The first-order valence-electron chi connectivity index (χ1n) is 6.32. The van der Waals surface area contributed by atoms with Crippen LogP contribution >= 0.6 is 15.9 Å². The van der Waals surface area contributed by atoms with Gasteiger partial charge < -0.3 is 10.3 Å². The third-order valence-corrected chi connectivity index (χ3v) is 3.68. The third-order valence-electron chi connectivity index (χ3n) is 3.04. The number of hydrogen-bond acceptors (Lipinski definition) is 2. The Hall–Kier alpha value is -1.20. The van der Waals surface area contributed by atoms with Gasteiger partial charge in [0.2, 0.25) is 0 Å². The van der Waals surface area contributed by atoms with E-state index >= 15 is 0 Å². The highest BCUT2D eigenvalue weighted by Crippen LogP contribution is 2.21. The molecular formula is C14H17BrFN3. The van der Waals surface area contributed by atoms with E-state index in [0.717, 1.165) is 24.4 Å². The van der Waals surface area contributed by atoms with Crippen LogP contribution in [0.1, 0.15) is 30.8 Å². The van der Waals surface area contributed by atoms with Crippen LogP contribution in [-0.2, 0) is 13.0 Å². The largest absolute Gasteiger partial charge is 0.335 e. The predicted octanol–water partition coefficient (Wildman–Crippen LogP) is 3.44. The van der Waals surface area contributed by atoms with Gasteiger partial charge in [-0.1, -0.05) is 13.0 Å². The quantitative estimate of drug-likeness (QED) is 0.915. The van der Waals surface area contributed by atoms with Gasteiger partial charge in [-0.15, -0.1) is 0 Å². The number of halogens is 2. The fourth-order valence-electron chi connectivity index (χ4n) is 2.03. The van der Waals surface area contributed by atoms with E-state index in [2.05, 4.69) is 32.4 Å². The normalized spacial score (nSPS) is 12.6. The molecular weight excluding hydrogens is 309 g/mol. The second-order valence-corrected chi connectivity index (χ2v) is 5.38. The van der Waals surface area contributed by atoms with Gasteiger partial charge in [-0.3, -0.25) is 0 Å². The van der Waals surface area contributed by atoms with Gasteiger partial charge in [-0.25, -0.2) is 9.37 Å². The minimum absolute atomic E-state index is 0.249. The Morgan fingerprint density at radius 1 is 1.47 bits per heavy atom. The van der Waals surface area contributed by atoms with E-state index < -0.39 is 0 Å². The highest BCUT2D eigenvalue weighted by Gasteiger charge is 2.12. The van der Waals surface area contributed by atoms with Gasteiger partial charge in [0.25, 0.3) is 0 Å². The van der Waals surface area contributed by atoms with Crippen LogP contribution in [0.2, 0.25) is 0 Å². The number of benzene rings is 1. The van der Waals surface area contributed by atoms with E-state index in [1.165, 1.54) is 6.07 Å². The summed E-state index contributed by atoms with van der Waals surface area (Å²) in [6.45, 7) is 3.05. The molecule has 0 aliphatic carbocycles. The van der Waals surface area contributed by atoms with Crippen LogP contribution < -0.4 is 5.73 Å². The summed E-state index contributed by atoms with van der Waals surface area (Å²) in [5, 5.41) is 0. The van der Waals surface area contributed by atoms with Gasteiger partial charge in [0.1, 0.15) is 11.6 Å². The summed E-state index contributed by atoms with van der Waals surface area (Å²) in [6.07, 6.45) is 5.38. The summed E-state index contributed by atoms with van der Waals surface area (Å²) < 4.78 is 16.0. The maximum Gasteiger partial charge on any atom is 0.137 e. The maximum absolute atomic E-state index is 13.5. The number of nitrogens with zero attached hydrogens (tertiary/aromatic N) is 2. The summed E-state index contributed by atoms with van der Waals surface area (Å²) in [7, 11) is 0. The molecule has 2 aromatic rings. The van der Waals surface area contributed by atoms with Gasteiger partial charge in [0.05, 0.1) is 4.47 Å². The number of imidazole rings is 1. The molecule has 3 nitrogen and oxygen atoms in total. The van der Waals surface area contributed by atoms with Crippen molar-refractivity contribution in [2.45, 2.75) is 32.4 Å². The second-order valence-electron chi connectivity index (χ2n) is 4.52. The van der Waals surface area contributed by atoms with Crippen molar-refractivity contribution in [1.29, 1.82) is 0 Å². The Morgan fingerprint density at radius 3 is 2.95 bits per heavy atom. The minimum Gasteiger partial charge on any atom is -0.335 e. The van der Waals surface area contributed by atoms with E-state index in [0.29, 0.717) is 10.9 Å². The molecule has 0 fully saturated rings. The van der Waals surface area contributed by atoms with Crippen molar-refractivity contribution in [3.05, 3.63) is 52.3 Å². The van der Waals surface area contributed by atoms with Crippen molar-refractivity contribution in [3.63, 3.8) is 0 Å². The van der Waals surface area contributed by atoms with Crippen molar-refractivity contribution in [3.8, 4) is 0 Å². The molecule has 0 saturated carbocycles. The molecule has 0 saturated heterocycles. The summed E-state index contributed by atoms with van der Waals surface area (Å²) in [5.41, 5.74) is 6.92. The first-order valence-corrected chi connectivity index (χ1v) is 7.11. The zero-order valence-corrected chi connectivity index (χ0v) is 12.4. The lowest BCUT2D eigenvalue weighted by atomic mass is 10.0. The van der Waals surface area contributed by atoms with Gasteiger partial charge in [-0.05, 0) is 40.0 Å². The Kier molecular flexibility index (Phi) is 4.71. The van der Waals surface area contributed by atoms with Crippen LogP contribution in [-0.4, -0.2) is 9.55 Å². The summed E-state index contributed by atoms with van der Waals surface area (Å²) in [6, 6.07) is 4.75. The number of nitrogens with two attached hydrogens (primary N) is 1. The van der Waals surface area contributed by atoms with Gasteiger partial charge in [0.15, 0.2) is 0 Å². The van der Waals surface area contributed by atoms with Crippen LogP contribution in [0.5, 0.6) is 0 Å². The lowest BCUT2D eigenvalue weighted by Gasteiger charge is -2.13. The molecule has 1 aromatic heterocycles. The van der Waals surface area contributed by atoms with Crippen LogP contribution in [0.3, 0.4) is 0 Å². The van der Waals surface area contributed by atoms with E-state index in [-0.39, 0.29) is 11.9 Å². The number of aromatic nitrogens is 2. The molecule has 19 heavy (non-hydrogen) atoms. The molecule has 0 bridgehead atoms. The molecule has 102 valence electrons. The molecule has 1 aromatic carbocycles. The van der Waals surface area contributed by atoms with Gasteiger partial charge in [0, 0.05) is 31.4 Å². The molecule has 1 atom stereocenters. The second kappa shape index (κ2) is 6.30. The average Bonchev–Trinajstić information content (AvgIpc) is 2.80. The zero-order chi connectivity index (χ0) is 13.8. The number of hydrogen-bond donors (Lipinski definition) is 1. The fraction of sp³-hybridized carbons (Fsp3) is 0.357.